The molecule has 128 valence electrons. The molecule has 0 amide bonds. The van der Waals surface area contributed by atoms with Crippen molar-refractivity contribution in [3.05, 3.63) is 65.9 Å². The molecular weight excluding hydrogens is 312 g/mol. The van der Waals surface area contributed by atoms with Gasteiger partial charge in [-0.3, -0.25) is 0 Å². The minimum absolute atomic E-state index is 0.313. The van der Waals surface area contributed by atoms with Gasteiger partial charge >= 0.3 is 5.97 Å². The van der Waals surface area contributed by atoms with E-state index in [1.165, 1.54) is 35.9 Å². The topological polar surface area (TPSA) is 45.5 Å². The number of para-hydroxylation sites is 1. The molecule has 1 atom stereocenters. The number of likely N-dealkylation sites (tertiary alicyclic amines) is 1. The maximum absolute atomic E-state index is 11.1. The van der Waals surface area contributed by atoms with Crippen molar-refractivity contribution in [2.45, 2.75) is 25.3 Å². The van der Waals surface area contributed by atoms with Crippen LogP contribution in [0.5, 0.6) is 0 Å². The van der Waals surface area contributed by atoms with Crippen LogP contribution in [0.4, 0.5) is 0 Å². The Morgan fingerprint density at radius 2 is 1.92 bits per heavy atom. The Bertz CT molecular complexity index is 911. The number of hydrogen-bond acceptors (Lipinski definition) is 2. The van der Waals surface area contributed by atoms with Gasteiger partial charge in [0, 0.05) is 23.3 Å². The van der Waals surface area contributed by atoms with Crippen LogP contribution in [0.1, 0.15) is 28.8 Å². The molecule has 2 heterocycles. The molecule has 4 nitrogen and oxygen atoms in total. The molecule has 0 radical (unpaired) electrons. The molecule has 1 saturated heterocycles. The molecule has 0 bridgehead atoms. The van der Waals surface area contributed by atoms with Crippen molar-refractivity contribution in [3.63, 3.8) is 0 Å². The van der Waals surface area contributed by atoms with Crippen LogP contribution in [-0.2, 0) is 6.42 Å². The highest BCUT2D eigenvalue weighted by Gasteiger charge is 2.22. The highest BCUT2D eigenvalue weighted by atomic mass is 16.4. The number of likely N-dealkylation sites (N-methyl/N-ethyl adjacent to an activating group) is 1. The van der Waals surface area contributed by atoms with E-state index in [4.69, 9.17) is 5.11 Å². The summed E-state index contributed by atoms with van der Waals surface area (Å²) in [5, 5.41) is 10.4. The van der Waals surface area contributed by atoms with Crippen LogP contribution < -0.4 is 0 Å². The molecule has 1 aromatic heterocycles. The molecule has 1 N–H and O–H groups in total. The van der Waals surface area contributed by atoms with Gasteiger partial charge in [-0.2, -0.15) is 0 Å². The Labute approximate surface area is 147 Å². The zero-order valence-corrected chi connectivity index (χ0v) is 14.4. The molecule has 3 aromatic rings. The van der Waals surface area contributed by atoms with E-state index in [9.17, 15) is 4.79 Å². The van der Waals surface area contributed by atoms with Crippen molar-refractivity contribution >= 4 is 16.9 Å². The van der Waals surface area contributed by atoms with Crippen LogP contribution in [0.15, 0.2) is 54.7 Å². The van der Waals surface area contributed by atoms with E-state index >= 15 is 0 Å². The Balaban J connectivity index is 1.75. The fourth-order valence-corrected chi connectivity index (χ4v) is 3.88. The average Bonchev–Trinajstić information content (AvgIpc) is 3.20. The summed E-state index contributed by atoms with van der Waals surface area (Å²) in [6, 6.07) is 16.1. The highest BCUT2D eigenvalue weighted by Crippen LogP contribution is 2.28. The van der Waals surface area contributed by atoms with Crippen LogP contribution in [0.25, 0.3) is 16.6 Å². The number of aromatic nitrogens is 1. The molecule has 0 spiro atoms. The smallest absolute Gasteiger partial charge is 0.335 e. The number of carboxylic acid groups (broad SMARTS) is 1. The van der Waals surface area contributed by atoms with Gasteiger partial charge in [0.15, 0.2) is 0 Å². The second-order valence-corrected chi connectivity index (χ2v) is 6.87. The number of rotatable bonds is 4. The predicted molar refractivity (Wildman–Crippen MR) is 99.6 cm³/mol. The lowest BCUT2D eigenvalue weighted by Crippen LogP contribution is -2.26. The minimum Gasteiger partial charge on any atom is -0.478 e. The summed E-state index contributed by atoms with van der Waals surface area (Å²) in [4.78, 5) is 13.5. The average molecular weight is 334 g/mol. The summed E-state index contributed by atoms with van der Waals surface area (Å²) < 4.78 is 2.17. The fraction of sp³-hybridized carbons (Fsp3) is 0.286. The van der Waals surface area contributed by atoms with Crippen molar-refractivity contribution < 1.29 is 9.90 Å². The van der Waals surface area contributed by atoms with Gasteiger partial charge < -0.3 is 14.6 Å². The van der Waals surface area contributed by atoms with E-state index in [0.29, 0.717) is 11.6 Å². The van der Waals surface area contributed by atoms with Crippen molar-refractivity contribution in [2.24, 2.45) is 0 Å². The summed E-state index contributed by atoms with van der Waals surface area (Å²) >= 11 is 0. The van der Waals surface area contributed by atoms with Crippen molar-refractivity contribution in [1.82, 2.24) is 9.47 Å². The Kier molecular flexibility index (Phi) is 4.06. The summed E-state index contributed by atoms with van der Waals surface area (Å²) in [6.45, 7) is 1.18. The monoisotopic (exact) mass is 334 g/mol. The maximum Gasteiger partial charge on any atom is 0.335 e. The van der Waals surface area contributed by atoms with E-state index in [1.54, 1.807) is 12.1 Å². The molecule has 1 unspecified atom stereocenters. The third-order valence-electron chi connectivity index (χ3n) is 5.31. The van der Waals surface area contributed by atoms with Gasteiger partial charge in [-0.15, -0.1) is 0 Å². The first kappa shape index (κ1) is 15.9. The molecule has 4 heteroatoms. The van der Waals surface area contributed by atoms with E-state index < -0.39 is 5.97 Å². The van der Waals surface area contributed by atoms with Gasteiger partial charge in [0.2, 0.25) is 0 Å². The van der Waals surface area contributed by atoms with Gasteiger partial charge in [0.1, 0.15) is 0 Å². The van der Waals surface area contributed by atoms with Gasteiger partial charge in [-0.25, -0.2) is 4.79 Å². The van der Waals surface area contributed by atoms with Crippen LogP contribution >= 0.6 is 0 Å². The van der Waals surface area contributed by atoms with Gasteiger partial charge in [-0.05, 0) is 68.8 Å². The van der Waals surface area contributed by atoms with Crippen LogP contribution in [0.3, 0.4) is 0 Å². The zero-order valence-electron chi connectivity index (χ0n) is 14.4. The maximum atomic E-state index is 11.1. The molecule has 0 aliphatic carbocycles. The van der Waals surface area contributed by atoms with Crippen LogP contribution in [0, 0.1) is 0 Å². The molecule has 1 fully saturated rings. The number of aromatic carboxylic acids is 1. The lowest BCUT2D eigenvalue weighted by molar-refractivity contribution is 0.0697. The minimum atomic E-state index is -0.895. The summed E-state index contributed by atoms with van der Waals surface area (Å²) in [7, 11) is 2.21. The van der Waals surface area contributed by atoms with Crippen molar-refractivity contribution in [2.75, 3.05) is 13.6 Å². The molecule has 25 heavy (non-hydrogen) atoms. The zero-order chi connectivity index (χ0) is 17.4. The third kappa shape index (κ3) is 2.94. The number of carbonyl (C=O) groups is 1. The second kappa shape index (κ2) is 6.37. The summed E-state index contributed by atoms with van der Waals surface area (Å²) in [5.74, 6) is -0.895. The van der Waals surface area contributed by atoms with Crippen LogP contribution in [0.2, 0.25) is 0 Å². The van der Waals surface area contributed by atoms with E-state index in [0.717, 1.165) is 12.1 Å². The quantitative estimate of drug-likeness (QED) is 0.785. The largest absolute Gasteiger partial charge is 0.478 e. The summed E-state index contributed by atoms with van der Waals surface area (Å²) in [6.07, 6.45) is 5.80. The third-order valence-corrected chi connectivity index (χ3v) is 5.31. The lowest BCUT2D eigenvalue weighted by atomic mass is 10.0. The number of fused-ring (bicyclic) bond motifs is 1. The lowest BCUT2D eigenvalue weighted by Gasteiger charge is -2.18. The molecule has 2 aromatic carbocycles. The summed E-state index contributed by atoms with van der Waals surface area (Å²) in [5.41, 5.74) is 3.83. The number of carboxylic acids is 1. The van der Waals surface area contributed by atoms with E-state index in [2.05, 4.69) is 47.0 Å². The van der Waals surface area contributed by atoms with Gasteiger partial charge in [0.05, 0.1) is 11.1 Å². The Morgan fingerprint density at radius 1 is 1.16 bits per heavy atom. The first-order chi connectivity index (χ1) is 12.1. The number of hydrogen-bond donors (Lipinski definition) is 1. The van der Waals surface area contributed by atoms with E-state index in [1.807, 2.05) is 12.1 Å². The number of benzene rings is 2. The SMILES string of the molecule is CN1CCCC1Cc1cn(-c2ccc(C(=O)O)cc2)c2ccccc12. The normalized spacial score (nSPS) is 18.0. The fourth-order valence-electron chi connectivity index (χ4n) is 3.88. The standard InChI is InChI=1S/C21H22N2O2/c1-22-12-4-5-18(22)13-16-14-23(20-7-3-2-6-19(16)20)17-10-8-15(9-11-17)21(24)25/h2-3,6-11,14,18H,4-5,12-13H2,1H3,(H,24,25). The van der Waals surface area contributed by atoms with Crippen molar-refractivity contribution in [3.8, 4) is 5.69 Å². The van der Waals surface area contributed by atoms with Crippen molar-refractivity contribution in [1.29, 1.82) is 0 Å². The second-order valence-electron chi connectivity index (χ2n) is 6.87. The molecule has 1 aliphatic rings. The Hall–Kier alpha value is -2.59. The first-order valence-electron chi connectivity index (χ1n) is 8.76. The molecular formula is C21H22N2O2. The van der Waals surface area contributed by atoms with Crippen LogP contribution in [-0.4, -0.2) is 40.2 Å². The van der Waals surface area contributed by atoms with E-state index in [-0.39, 0.29) is 0 Å². The molecule has 0 saturated carbocycles. The Morgan fingerprint density at radius 3 is 2.60 bits per heavy atom. The highest BCUT2D eigenvalue weighted by molar-refractivity contribution is 5.88. The molecule has 1 aliphatic heterocycles. The first-order valence-corrected chi connectivity index (χ1v) is 8.76. The van der Waals surface area contributed by atoms with Gasteiger partial charge in [0.25, 0.3) is 0 Å². The van der Waals surface area contributed by atoms with Gasteiger partial charge in [-0.1, -0.05) is 18.2 Å². The number of nitrogens with zero attached hydrogens (tertiary/aromatic N) is 2. The molecule has 4 rings (SSSR count). The predicted octanol–water partition coefficient (Wildman–Crippen LogP) is 3.97.